The summed E-state index contributed by atoms with van der Waals surface area (Å²) >= 11 is 0. The number of nitrogens with one attached hydrogen (secondary N) is 2. The van der Waals surface area contributed by atoms with Crippen molar-refractivity contribution in [1.82, 2.24) is 10.6 Å². The molecule has 1 aromatic carbocycles. The van der Waals surface area contributed by atoms with Crippen molar-refractivity contribution < 1.29 is 14.3 Å². The maximum absolute atomic E-state index is 11.7. The minimum absolute atomic E-state index is 0. The molecule has 1 saturated heterocycles. The maximum Gasteiger partial charge on any atom is 0.258 e. The van der Waals surface area contributed by atoms with Crippen LogP contribution in [-0.4, -0.2) is 38.3 Å². The number of halogens is 1. The van der Waals surface area contributed by atoms with Crippen LogP contribution in [0.3, 0.4) is 0 Å². The Kier molecular flexibility index (Phi) is 7.93. The summed E-state index contributed by atoms with van der Waals surface area (Å²) in [5.41, 5.74) is 0. The molecule has 1 amide bonds. The van der Waals surface area contributed by atoms with Gasteiger partial charge in [0.1, 0.15) is 11.5 Å². The zero-order chi connectivity index (χ0) is 14.2. The Balaban J connectivity index is 0.00000220. The van der Waals surface area contributed by atoms with Crippen LogP contribution in [0.5, 0.6) is 11.5 Å². The fraction of sp³-hybridized carbons (Fsp3) is 0.533. The second-order valence-corrected chi connectivity index (χ2v) is 4.87. The van der Waals surface area contributed by atoms with Crippen molar-refractivity contribution in [2.75, 3.05) is 26.3 Å². The van der Waals surface area contributed by atoms with Crippen molar-refractivity contribution in [3.63, 3.8) is 0 Å². The molecule has 1 fully saturated rings. The largest absolute Gasteiger partial charge is 0.494 e. The lowest BCUT2D eigenvalue weighted by molar-refractivity contribution is -0.123. The minimum atomic E-state index is -0.0787. The molecule has 1 atom stereocenters. The van der Waals surface area contributed by atoms with Crippen LogP contribution in [0.1, 0.15) is 19.8 Å². The molecule has 0 spiro atoms. The third kappa shape index (κ3) is 6.23. The Morgan fingerprint density at radius 3 is 2.52 bits per heavy atom. The van der Waals surface area contributed by atoms with Gasteiger partial charge < -0.3 is 20.1 Å². The average Bonchev–Trinajstić information content (AvgIpc) is 2.97. The van der Waals surface area contributed by atoms with Gasteiger partial charge in [0.15, 0.2) is 6.61 Å². The number of hydrogen-bond donors (Lipinski definition) is 2. The van der Waals surface area contributed by atoms with Crippen LogP contribution in [0, 0.1) is 0 Å². The molecule has 0 radical (unpaired) electrons. The van der Waals surface area contributed by atoms with Crippen molar-refractivity contribution >= 4 is 18.3 Å². The van der Waals surface area contributed by atoms with Crippen molar-refractivity contribution in [2.24, 2.45) is 0 Å². The van der Waals surface area contributed by atoms with Crippen LogP contribution in [0.4, 0.5) is 0 Å². The molecule has 2 N–H and O–H groups in total. The smallest absolute Gasteiger partial charge is 0.258 e. The molecule has 0 aromatic heterocycles. The summed E-state index contributed by atoms with van der Waals surface area (Å²) in [6.45, 7) is 4.62. The van der Waals surface area contributed by atoms with Crippen molar-refractivity contribution in [3.05, 3.63) is 24.3 Å². The summed E-state index contributed by atoms with van der Waals surface area (Å²) in [6, 6.07) is 7.56. The van der Waals surface area contributed by atoms with Gasteiger partial charge in [-0.2, -0.15) is 0 Å². The van der Waals surface area contributed by atoms with E-state index in [9.17, 15) is 4.79 Å². The fourth-order valence-corrected chi connectivity index (χ4v) is 2.05. The van der Waals surface area contributed by atoms with E-state index in [1.807, 2.05) is 24.3 Å². The standard InChI is InChI=1S/C15H22N2O3.ClH/c1-2-9-19-13-3-5-14(6-4-13)20-11-15(18)17-12-7-8-16-10-12;/h3-6,12,16H,2,7-11H2,1H3,(H,17,18);1H. The lowest BCUT2D eigenvalue weighted by Gasteiger charge is -2.12. The summed E-state index contributed by atoms with van der Waals surface area (Å²) in [6.07, 6.45) is 1.96. The third-order valence-corrected chi connectivity index (χ3v) is 3.09. The van der Waals surface area contributed by atoms with E-state index in [1.54, 1.807) is 0 Å². The van der Waals surface area contributed by atoms with Gasteiger partial charge in [0.2, 0.25) is 0 Å². The zero-order valence-corrected chi connectivity index (χ0v) is 13.1. The van der Waals surface area contributed by atoms with Crippen LogP contribution in [0.2, 0.25) is 0 Å². The van der Waals surface area contributed by atoms with E-state index >= 15 is 0 Å². The first kappa shape index (κ1) is 17.6. The molecule has 6 heteroatoms. The van der Waals surface area contributed by atoms with E-state index in [4.69, 9.17) is 9.47 Å². The van der Waals surface area contributed by atoms with Crippen molar-refractivity contribution in [2.45, 2.75) is 25.8 Å². The lowest BCUT2D eigenvalue weighted by atomic mass is 10.2. The molecule has 118 valence electrons. The monoisotopic (exact) mass is 314 g/mol. The van der Waals surface area contributed by atoms with Gasteiger partial charge in [-0.1, -0.05) is 6.92 Å². The normalized spacial score (nSPS) is 16.9. The maximum atomic E-state index is 11.7. The number of amides is 1. The topological polar surface area (TPSA) is 59.6 Å². The first-order chi connectivity index (χ1) is 9.78. The Bertz CT molecular complexity index is 419. The molecule has 1 aromatic rings. The van der Waals surface area contributed by atoms with Crippen LogP contribution in [0.25, 0.3) is 0 Å². The highest BCUT2D eigenvalue weighted by Gasteiger charge is 2.16. The van der Waals surface area contributed by atoms with E-state index in [0.717, 1.165) is 31.7 Å². The number of benzene rings is 1. The van der Waals surface area contributed by atoms with Gasteiger partial charge in [-0.25, -0.2) is 0 Å². The van der Waals surface area contributed by atoms with Gasteiger partial charge in [-0.3, -0.25) is 4.79 Å². The zero-order valence-electron chi connectivity index (χ0n) is 12.3. The van der Waals surface area contributed by atoms with Gasteiger partial charge in [0, 0.05) is 12.6 Å². The Hall–Kier alpha value is -1.46. The summed E-state index contributed by atoms with van der Waals surface area (Å²) in [7, 11) is 0. The predicted molar refractivity (Wildman–Crippen MR) is 84.4 cm³/mol. The molecule has 21 heavy (non-hydrogen) atoms. The number of hydrogen-bond acceptors (Lipinski definition) is 4. The molecular formula is C15H23ClN2O3. The second-order valence-electron chi connectivity index (χ2n) is 4.87. The average molecular weight is 315 g/mol. The van der Waals surface area contributed by atoms with Crippen LogP contribution < -0.4 is 20.1 Å². The second kappa shape index (κ2) is 9.47. The number of carbonyl (C=O) groups is 1. The summed E-state index contributed by atoms with van der Waals surface area (Å²) in [4.78, 5) is 11.7. The Labute approximate surface area is 131 Å². The minimum Gasteiger partial charge on any atom is -0.494 e. The highest BCUT2D eigenvalue weighted by molar-refractivity contribution is 5.85. The van der Waals surface area contributed by atoms with E-state index in [0.29, 0.717) is 12.4 Å². The number of ether oxygens (including phenoxy) is 2. The molecular weight excluding hydrogens is 292 g/mol. The van der Waals surface area contributed by atoms with Gasteiger partial charge in [0.25, 0.3) is 5.91 Å². The van der Waals surface area contributed by atoms with Gasteiger partial charge in [-0.15, -0.1) is 12.4 Å². The molecule has 1 heterocycles. The third-order valence-electron chi connectivity index (χ3n) is 3.09. The first-order valence-corrected chi connectivity index (χ1v) is 7.13. The predicted octanol–water partition coefficient (Wildman–Crippen LogP) is 1.75. The molecule has 2 rings (SSSR count). The van der Waals surface area contributed by atoms with Gasteiger partial charge in [-0.05, 0) is 43.7 Å². The summed E-state index contributed by atoms with van der Waals surface area (Å²) < 4.78 is 10.9. The van der Waals surface area contributed by atoms with Crippen LogP contribution in [-0.2, 0) is 4.79 Å². The summed E-state index contributed by atoms with van der Waals surface area (Å²) in [5.74, 6) is 1.42. The highest BCUT2D eigenvalue weighted by Crippen LogP contribution is 2.17. The van der Waals surface area contributed by atoms with Crippen molar-refractivity contribution in [1.29, 1.82) is 0 Å². The summed E-state index contributed by atoms with van der Waals surface area (Å²) in [5, 5.41) is 6.14. The molecule has 0 aliphatic carbocycles. The van der Waals surface area contributed by atoms with E-state index in [-0.39, 0.29) is 31.0 Å². The quantitative estimate of drug-likeness (QED) is 0.805. The Morgan fingerprint density at radius 2 is 1.95 bits per heavy atom. The number of rotatable bonds is 7. The van der Waals surface area contributed by atoms with Crippen LogP contribution in [0.15, 0.2) is 24.3 Å². The molecule has 0 bridgehead atoms. The van der Waals surface area contributed by atoms with E-state index < -0.39 is 0 Å². The highest BCUT2D eigenvalue weighted by atomic mass is 35.5. The Morgan fingerprint density at radius 1 is 1.29 bits per heavy atom. The van der Waals surface area contributed by atoms with Crippen molar-refractivity contribution in [3.8, 4) is 11.5 Å². The van der Waals surface area contributed by atoms with Gasteiger partial charge >= 0.3 is 0 Å². The molecule has 5 nitrogen and oxygen atoms in total. The SMILES string of the molecule is CCCOc1ccc(OCC(=O)NC2CCNC2)cc1.Cl. The van der Waals surface area contributed by atoms with Gasteiger partial charge in [0.05, 0.1) is 6.61 Å². The molecule has 1 aliphatic heterocycles. The lowest BCUT2D eigenvalue weighted by Crippen LogP contribution is -2.39. The number of carbonyl (C=O) groups excluding carboxylic acids is 1. The molecule has 1 aliphatic rings. The molecule has 0 saturated carbocycles. The van der Waals surface area contributed by atoms with E-state index in [1.165, 1.54) is 0 Å². The molecule has 1 unspecified atom stereocenters. The first-order valence-electron chi connectivity index (χ1n) is 7.13. The fourth-order valence-electron chi connectivity index (χ4n) is 2.05. The van der Waals surface area contributed by atoms with Crippen LogP contribution >= 0.6 is 12.4 Å². The van der Waals surface area contributed by atoms with E-state index in [2.05, 4.69) is 17.6 Å².